The molecule has 3 aromatic rings. The molecule has 5 nitrogen and oxygen atoms in total. The van der Waals surface area contributed by atoms with Crippen LogP contribution in [0.5, 0.6) is 0 Å². The number of anilines is 1. The summed E-state index contributed by atoms with van der Waals surface area (Å²) in [5.41, 5.74) is 8.47. The van der Waals surface area contributed by atoms with Crippen LogP contribution in [0.4, 0.5) is 5.69 Å². The topological polar surface area (TPSA) is 80.9 Å². The molecule has 3 N–H and O–H groups in total. The monoisotopic (exact) mass is 309 g/mol. The van der Waals surface area contributed by atoms with E-state index in [1.807, 2.05) is 12.1 Å². The normalized spacial score (nSPS) is 11.8. The van der Waals surface area contributed by atoms with Gasteiger partial charge in [0.25, 0.3) is 5.91 Å². The molecular formula is C18H19N3O2. The number of benzene rings is 2. The second kappa shape index (κ2) is 5.12. The van der Waals surface area contributed by atoms with Gasteiger partial charge in [-0.2, -0.15) is 0 Å². The molecule has 0 unspecified atom stereocenters. The van der Waals surface area contributed by atoms with Crippen molar-refractivity contribution >= 4 is 22.6 Å². The van der Waals surface area contributed by atoms with Crippen molar-refractivity contribution in [1.29, 1.82) is 0 Å². The molecule has 0 bridgehead atoms. The van der Waals surface area contributed by atoms with E-state index in [9.17, 15) is 9.59 Å². The van der Waals surface area contributed by atoms with Gasteiger partial charge in [0.1, 0.15) is 0 Å². The van der Waals surface area contributed by atoms with Gasteiger partial charge in [0.2, 0.25) is 0 Å². The predicted molar refractivity (Wildman–Crippen MR) is 91.8 cm³/mol. The highest BCUT2D eigenvalue weighted by atomic mass is 16.2. The van der Waals surface area contributed by atoms with Gasteiger partial charge >= 0.3 is 5.69 Å². The van der Waals surface area contributed by atoms with Gasteiger partial charge in [-0.25, -0.2) is 9.36 Å². The highest BCUT2D eigenvalue weighted by molar-refractivity contribution is 6.01. The summed E-state index contributed by atoms with van der Waals surface area (Å²) in [5, 5.41) is 0. The van der Waals surface area contributed by atoms with Crippen molar-refractivity contribution < 1.29 is 4.79 Å². The Hall–Kier alpha value is -2.82. The van der Waals surface area contributed by atoms with E-state index < -0.39 is 5.69 Å². The Morgan fingerprint density at radius 3 is 2.35 bits per heavy atom. The van der Waals surface area contributed by atoms with Crippen LogP contribution in [-0.4, -0.2) is 15.5 Å². The molecule has 0 saturated carbocycles. The molecule has 0 fully saturated rings. The van der Waals surface area contributed by atoms with Gasteiger partial charge in [0.05, 0.1) is 11.0 Å². The van der Waals surface area contributed by atoms with Crippen LogP contribution in [0, 0.1) is 0 Å². The fourth-order valence-electron chi connectivity index (χ4n) is 2.57. The van der Waals surface area contributed by atoms with E-state index in [2.05, 4.69) is 25.8 Å². The number of nitrogens with two attached hydrogens (primary N) is 1. The van der Waals surface area contributed by atoms with E-state index in [1.54, 1.807) is 30.3 Å². The van der Waals surface area contributed by atoms with E-state index in [4.69, 9.17) is 5.73 Å². The van der Waals surface area contributed by atoms with Crippen LogP contribution < -0.4 is 11.4 Å². The van der Waals surface area contributed by atoms with Crippen LogP contribution in [0.15, 0.2) is 47.3 Å². The van der Waals surface area contributed by atoms with Crippen LogP contribution >= 0.6 is 0 Å². The second-order valence-corrected chi connectivity index (χ2v) is 6.67. The Kier molecular flexibility index (Phi) is 3.36. The quantitative estimate of drug-likeness (QED) is 0.678. The minimum Gasteiger partial charge on any atom is -0.399 e. The number of nitrogen functional groups attached to an aromatic ring is 1. The largest absolute Gasteiger partial charge is 0.399 e. The first kappa shape index (κ1) is 15.1. The maximum atomic E-state index is 12.7. The molecule has 0 aliphatic rings. The van der Waals surface area contributed by atoms with Crippen molar-refractivity contribution in [2.75, 3.05) is 5.73 Å². The number of carbonyl (C=O) groups excluding carboxylic acids is 1. The molecule has 1 heterocycles. The molecule has 0 aliphatic heterocycles. The zero-order chi connectivity index (χ0) is 16.8. The summed E-state index contributed by atoms with van der Waals surface area (Å²) < 4.78 is 1.14. The van der Waals surface area contributed by atoms with Crippen LogP contribution in [0.3, 0.4) is 0 Å². The summed E-state index contributed by atoms with van der Waals surface area (Å²) >= 11 is 0. The lowest BCUT2D eigenvalue weighted by atomic mass is 9.87. The number of carbonyl (C=O) groups is 1. The van der Waals surface area contributed by atoms with Gasteiger partial charge in [-0.3, -0.25) is 4.79 Å². The molecule has 0 aliphatic carbocycles. The molecule has 5 heteroatoms. The third kappa shape index (κ3) is 2.65. The summed E-state index contributed by atoms with van der Waals surface area (Å²) in [6, 6.07) is 12.3. The molecule has 0 spiro atoms. The Bertz CT molecular complexity index is 941. The lowest BCUT2D eigenvalue weighted by Gasteiger charge is -2.19. The molecule has 0 radical (unpaired) electrons. The zero-order valence-electron chi connectivity index (χ0n) is 13.4. The van der Waals surface area contributed by atoms with E-state index in [0.29, 0.717) is 22.3 Å². The number of aromatic nitrogens is 2. The Labute approximate surface area is 133 Å². The van der Waals surface area contributed by atoms with E-state index >= 15 is 0 Å². The molecule has 23 heavy (non-hydrogen) atoms. The minimum absolute atomic E-state index is 0.0106. The number of imidazole rings is 1. The van der Waals surface area contributed by atoms with Crippen LogP contribution in [0.25, 0.3) is 11.0 Å². The van der Waals surface area contributed by atoms with E-state index in [0.717, 1.165) is 10.1 Å². The van der Waals surface area contributed by atoms with Crippen molar-refractivity contribution in [3.8, 4) is 0 Å². The lowest BCUT2D eigenvalue weighted by molar-refractivity contribution is 0.0961. The maximum absolute atomic E-state index is 12.7. The fourth-order valence-corrected chi connectivity index (χ4v) is 2.57. The SMILES string of the molecule is CC(C)(C)c1ccc(C(=O)n2c(=O)[nH]c3cc(N)ccc32)cc1. The Morgan fingerprint density at radius 2 is 1.74 bits per heavy atom. The molecule has 0 saturated heterocycles. The molecule has 0 atom stereocenters. The standard InChI is InChI=1S/C18H19N3O2/c1-18(2,3)12-6-4-11(5-7-12)16(22)21-15-9-8-13(19)10-14(15)20-17(21)23/h4-10H,19H2,1-3H3,(H,20,23). The van der Waals surface area contributed by atoms with Gasteiger partial charge in [-0.15, -0.1) is 0 Å². The Morgan fingerprint density at radius 1 is 1.09 bits per heavy atom. The van der Waals surface area contributed by atoms with Crippen molar-refractivity contribution in [3.63, 3.8) is 0 Å². The van der Waals surface area contributed by atoms with Crippen molar-refractivity contribution in [2.45, 2.75) is 26.2 Å². The van der Waals surface area contributed by atoms with Crippen molar-refractivity contribution in [3.05, 3.63) is 64.1 Å². The third-order valence-corrected chi connectivity index (χ3v) is 3.91. The molecule has 1 aromatic heterocycles. The summed E-state index contributed by atoms with van der Waals surface area (Å²) in [6.07, 6.45) is 0. The molecule has 118 valence electrons. The van der Waals surface area contributed by atoms with Gasteiger partial charge in [0, 0.05) is 11.3 Å². The number of H-pyrrole nitrogens is 1. The number of nitrogens with zero attached hydrogens (tertiary/aromatic N) is 1. The summed E-state index contributed by atoms with van der Waals surface area (Å²) in [7, 11) is 0. The molecule has 2 aromatic carbocycles. The maximum Gasteiger partial charge on any atom is 0.333 e. The minimum atomic E-state index is -0.463. The van der Waals surface area contributed by atoms with Crippen LogP contribution in [0.1, 0.15) is 36.7 Å². The van der Waals surface area contributed by atoms with Gasteiger partial charge in [-0.05, 0) is 41.3 Å². The number of fused-ring (bicyclic) bond motifs is 1. The molecule has 3 rings (SSSR count). The van der Waals surface area contributed by atoms with E-state index in [1.165, 1.54) is 0 Å². The van der Waals surface area contributed by atoms with Crippen molar-refractivity contribution in [1.82, 2.24) is 9.55 Å². The smallest absolute Gasteiger partial charge is 0.333 e. The zero-order valence-corrected chi connectivity index (χ0v) is 13.4. The van der Waals surface area contributed by atoms with Gasteiger partial charge < -0.3 is 10.7 Å². The summed E-state index contributed by atoms with van der Waals surface area (Å²) in [4.78, 5) is 27.5. The highest BCUT2D eigenvalue weighted by Crippen LogP contribution is 2.23. The third-order valence-electron chi connectivity index (χ3n) is 3.91. The van der Waals surface area contributed by atoms with Crippen LogP contribution in [0.2, 0.25) is 0 Å². The number of rotatable bonds is 1. The van der Waals surface area contributed by atoms with Gasteiger partial charge in [0.15, 0.2) is 0 Å². The number of hydrogen-bond donors (Lipinski definition) is 2. The lowest BCUT2D eigenvalue weighted by Crippen LogP contribution is -2.25. The predicted octanol–water partition coefficient (Wildman–Crippen LogP) is 2.90. The summed E-state index contributed by atoms with van der Waals surface area (Å²) in [6.45, 7) is 6.33. The average Bonchev–Trinajstić information content (AvgIpc) is 2.80. The first-order valence-corrected chi connectivity index (χ1v) is 7.43. The average molecular weight is 309 g/mol. The van der Waals surface area contributed by atoms with Crippen LogP contribution in [-0.2, 0) is 5.41 Å². The van der Waals surface area contributed by atoms with E-state index in [-0.39, 0.29) is 11.3 Å². The Balaban J connectivity index is 2.07. The van der Waals surface area contributed by atoms with Crippen molar-refractivity contribution in [2.24, 2.45) is 0 Å². The fraction of sp³-hybridized carbons (Fsp3) is 0.222. The number of aromatic amines is 1. The number of nitrogens with one attached hydrogen (secondary N) is 1. The molecular weight excluding hydrogens is 290 g/mol. The first-order chi connectivity index (χ1) is 10.8. The first-order valence-electron chi connectivity index (χ1n) is 7.43. The number of hydrogen-bond acceptors (Lipinski definition) is 3. The summed E-state index contributed by atoms with van der Waals surface area (Å²) in [5.74, 6) is -0.355. The highest BCUT2D eigenvalue weighted by Gasteiger charge is 2.18. The molecule has 0 amide bonds. The van der Waals surface area contributed by atoms with Gasteiger partial charge in [-0.1, -0.05) is 32.9 Å². The second-order valence-electron chi connectivity index (χ2n) is 6.67.